The molecular weight excluding hydrogens is 284 g/mol. The van der Waals surface area contributed by atoms with Crippen molar-refractivity contribution in [2.24, 2.45) is 5.92 Å². The number of ether oxygens (including phenoxy) is 1. The van der Waals surface area contributed by atoms with Gasteiger partial charge in [0.15, 0.2) is 6.10 Å². The smallest absolute Gasteiger partial charge is 0.254 e. The van der Waals surface area contributed by atoms with E-state index in [9.17, 15) is 4.79 Å². The third-order valence-electron chi connectivity index (χ3n) is 3.68. The van der Waals surface area contributed by atoms with E-state index in [-0.39, 0.29) is 11.9 Å². The lowest BCUT2D eigenvalue weighted by atomic mass is 10.1. The van der Waals surface area contributed by atoms with Gasteiger partial charge in [-0.25, -0.2) is 4.98 Å². The Kier molecular flexibility index (Phi) is 4.31. The summed E-state index contributed by atoms with van der Waals surface area (Å²) in [6.45, 7) is 0. The van der Waals surface area contributed by atoms with E-state index in [4.69, 9.17) is 4.74 Å². The molecule has 1 N–H and O–H groups in total. The zero-order valence-electron chi connectivity index (χ0n) is 11.9. The highest BCUT2D eigenvalue weighted by molar-refractivity contribution is 7.09. The fourth-order valence-electron chi connectivity index (χ4n) is 2.45. The van der Waals surface area contributed by atoms with Gasteiger partial charge in [-0.3, -0.25) is 4.79 Å². The first-order valence-electron chi connectivity index (χ1n) is 7.07. The Morgan fingerprint density at radius 2 is 2.14 bits per heavy atom. The van der Waals surface area contributed by atoms with Crippen LogP contribution in [-0.2, 0) is 9.53 Å². The van der Waals surface area contributed by atoms with Crippen molar-refractivity contribution in [2.45, 2.75) is 25.0 Å². The van der Waals surface area contributed by atoms with E-state index in [1.807, 2.05) is 35.7 Å². The van der Waals surface area contributed by atoms with Crippen LogP contribution in [0.25, 0.3) is 0 Å². The standard InChI is InChI=1S/C16H18N2O2S/c1-20-14(12-5-3-2-4-6-12)15(19)18-13(11-7-8-11)16-17-9-10-21-16/h2-6,9-11,13-14H,7-8H2,1H3,(H,18,19)/t13-,14-/m1/s1. The van der Waals surface area contributed by atoms with Crippen molar-refractivity contribution in [3.63, 3.8) is 0 Å². The SMILES string of the molecule is CO[C@@H](C(=O)N[C@@H](c1nccs1)C1CC1)c1ccccc1. The zero-order chi connectivity index (χ0) is 14.7. The number of hydrogen-bond acceptors (Lipinski definition) is 4. The molecule has 1 aromatic carbocycles. The molecule has 110 valence electrons. The van der Waals surface area contributed by atoms with Crippen molar-refractivity contribution in [3.8, 4) is 0 Å². The molecule has 4 nitrogen and oxygen atoms in total. The lowest BCUT2D eigenvalue weighted by Gasteiger charge is -2.20. The van der Waals surface area contributed by atoms with E-state index in [2.05, 4.69) is 10.3 Å². The molecule has 0 bridgehead atoms. The molecule has 21 heavy (non-hydrogen) atoms. The summed E-state index contributed by atoms with van der Waals surface area (Å²) in [7, 11) is 1.56. The van der Waals surface area contributed by atoms with Crippen LogP contribution in [0.1, 0.15) is 35.6 Å². The molecule has 2 atom stereocenters. The summed E-state index contributed by atoms with van der Waals surface area (Å²) >= 11 is 1.59. The van der Waals surface area contributed by atoms with E-state index >= 15 is 0 Å². The Bertz CT molecular complexity index is 582. The van der Waals surface area contributed by atoms with Crippen LogP contribution in [0.15, 0.2) is 41.9 Å². The third kappa shape index (κ3) is 3.31. The average molecular weight is 302 g/mol. The number of nitrogens with zero attached hydrogens (tertiary/aromatic N) is 1. The number of thiazole rings is 1. The van der Waals surface area contributed by atoms with Gasteiger partial charge in [0.2, 0.25) is 0 Å². The van der Waals surface area contributed by atoms with Gasteiger partial charge in [0.05, 0.1) is 6.04 Å². The summed E-state index contributed by atoms with van der Waals surface area (Å²) in [4.78, 5) is 16.9. The number of aromatic nitrogens is 1. The second kappa shape index (κ2) is 6.37. The van der Waals surface area contributed by atoms with Crippen LogP contribution in [0, 0.1) is 5.92 Å². The first-order chi connectivity index (χ1) is 10.3. The average Bonchev–Trinajstić information content (AvgIpc) is 3.21. The minimum absolute atomic E-state index is 0.0128. The largest absolute Gasteiger partial charge is 0.367 e. The highest BCUT2D eigenvalue weighted by Crippen LogP contribution is 2.41. The molecule has 1 aromatic heterocycles. The van der Waals surface area contributed by atoms with Gasteiger partial charge >= 0.3 is 0 Å². The molecule has 0 radical (unpaired) electrons. The van der Waals surface area contributed by atoms with E-state index < -0.39 is 6.10 Å². The Morgan fingerprint density at radius 1 is 1.38 bits per heavy atom. The van der Waals surface area contributed by atoms with Crippen LogP contribution in [-0.4, -0.2) is 18.0 Å². The lowest BCUT2D eigenvalue weighted by Crippen LogP contribution is -2.34. The monoisotopic (exact) mass is 302 g/mol. The highest BCUT2D eigenvalue weighted by Gasteiger charge is 2.36. The van der Waals surface area contributed by atoms with E-state index in [0.717, 1.165) is 23.4 Å². The Balaban J connectivity index is 1.74. The van der Waals surface area contributed by atoms with Crippen molar-refractivity contribution in [2.75, 3.05) is 7.11 Å². The van der Waals surface area contributed by atoms with Gasteiger partial charge in [0, 0.05) is 18.7 Å². The molecule has 0 spiro atoms. The molecule has 1 aliphatic carbocycles. The van der Waals surface area contributed by atoms with Gasteiger partial charge in [0.1, 0.15) is 5.01 Å². The number of amides is 1. The van der Waals surface area contributed by atoms with Crippen molar-refractivity contribution in [1.82, 2.24) is 10.3 Å². The summed E-state index contributed by atoms with van der Waals surface area (Å²) in [5.41, 5.74) is 0.867. The second-order valence-corrected chi connectivity index (χ2v) is 6.15. The van der Waals surface area contributed by atoms with Crippen molar-refractivity contribution < 1.29 is 9.53 Å². The molecule has 0 unspecified atom stereocenters. The predicted molar refractivity (Wildman–Crippen MR) is 81.9 cm³/mol. The highest BCUT2D eigenvalue weighted by atomic mass is 32.1. The van der Waals surface area contributed by atoms with Gasteiger partial charge in [-0.05, 0) is 24.3 Å². The molecule has 1 amide bonds. The van der Waals surface area contributed by atoms with Crippen LogP contribution in [0.4, 0.5) is 0 Å². The molecular formula is C16H18N2O2S. The molecule has 2 aromatic rings. The van der Waals surface area contributed by atoms with Crippen LogP contribution in [0.3, 0.4) is 0 Å². The van der Waals surface area contributed by atoms with Crippen LogP contribution < -0.4 is 5.32 Å². The number of nitrogens with one attached hydrogen (secondary N) is 1. The van der Waals surface area contributed by atoms with Crippen LogP contribution >= 0.6 is 11.3 Å². The van der Waals surface area contributed by atoms with Crippen molar-refractivity contribution >= 4 is 17.2 Å². The molecule has 3 rings (SSSR count). The van der Waals surface area contributed by atoms with Crippen LogP contribution in [0.2, 0.25) is 0 Å². The van der Waals surface area contributed by atoms with E-state index in [1.165, 1.54) is 0 Å². The predicted octanol–water partition coefficient (Wildman–Crippen LogP) is 3.10. The second-order valence-electron chi connectivity index (χ2n) is 5.22. The lowest BCUT2D eigenvalue weighted by molar-refractivity contribution is -0.132. The number of methoxy groups -OCH3 is 1. The molecule has 1 heterocycles. The summed E-state index contributed by atoms with van der Waals surface area (Å²) in [5, 5.41) is 6.04. The molecule has 1 fully saturated rings. The number of carbonyl (C=O) groups excluding carboxylic acids is 1. The molecule has 1 saturated carbocycles. The fraction of sp³-hybridized carbons (Fsp3) is 0.375. The normalized spacial score (nSPS) is 17.2. The quantitative estimate of drug-likeness (QED) is 0.892. The first-order valence-corrected chi connectivity index (χ1v) is 7.95. The van der Waals surface area contributed by atoms with E-state index in [0.29, 0.717) is 5.92 Å². The number of benzene rings is 1. The number of hydrogen-bond donors (Lipinski definition) is 1. The molecule has 5 heteroatoms. The third-order valence-corrected chi connectivity index (χ3v) is 4.54. The maximum atomic E-state index is 12.6. The van der Waals surface area contributed by atoms with Gasteiger partial charge in [-0.2, -0.15) is 0 Å². The topological polar surface area (TPSA) is 51.2 Å². The van der Waals surface area contributed by atoms with Gasteiger partial charge in [-0.15, -0.1) is 11.3 Å². The fourth-order valence-corrected chi connectivity index (χ4v) is 3.23. The minimum Gasteiger partial charge on any atom is -0.367 e. The van der Waals surface area contributed by atoms with E-state index in [1.54, 1.807) is 24.6 Å². The van der Waals surface area contributed by atoms with Gasteiger partial charge in [0.25, 0.3) is 5.91 Å². The molecule has 1 aliphatic rings. The summed E-state index contributed by atoms with van der Waals surface area (Å²) < 4.78 is 5.39. The first kappa shape index (κ1) is 14.2. The summed E-state index contributed by atoms with van der Waals surface area (Å²) in [6, 6.07) is 9.57. The zero-order valence-corrected chi connectivity index (χ0v) is 12.7. The Labute approximate surface area is 128 Å². The molecule has 0 saturated heterocycles. The number of rotatable bonds is 6. The molecule has 0 aliphatic heterocycles. The Morgan fingerprint density at radius 3 is 2.71 bits per heavy atom. The van der Waals surface area contributed by atoms with Gasteiger partial charge < -0.3 is 10.1 Å². The van der Waals surface area contributed by atoms with Gasteiger partial charge in [-0.1, -0.05) is 30.3 Å². The van der Waals surface area contributed by atoms with Crippen LogP contribution in [0.5, 0.6) is 0 Å². The Hall–Kier alpha value is -1.72. The maximum Gasteiger partial charge on any atom is 0.254 e. The number of carbonyl (C=O) groups is 1. The maximum absolute atomic E-state index is 12.6. The minimum atomic E-state index is -0.576. The van der Waals surface area contributed by atoms with Crippen molar-refractivity contribution in [1.29, 1.82) is 0 Å². The summed E-state index contributed by atoms with van der Waals surface area (Å²) in [6.07, 6.45) is 3.50. The summed E-state index contributed by atoms with van der Waals surface area (Å²) in [5.74, 6) is 0.407. The van der Waals surface area contributed by atoms with Crippen molar-refractivity contribution in [3.05, 3.63) is 52.5 Å².